The summed E-state index contributed by atoms with van der Waals surface area (Å²) in [5.41, 5.74) is 12.0. The van der Waals surface area contributed by atoms with E-state index in [1.807, 2.05) is 23.5 Å². The summed E-state index contributed by atoms with van der Waals surface area (Å²) in [6.45, 7) is 5.97. The lowest BCUT2D eigenvalue weighted by molar-refractivity contribution is 0.802. The van der Waals surface area contributed by atoms with Crippen LogP contribution in [0, 0.1) is 0 Å². The molecule has 1 heteroatoms. The minimum absolute atomic E-state index is 0.281. The Balaban J connectivity index is 1.61. The number of allylic oxidation sites excluding steroid dienone is 5. The summed E-state index contributed by atoms with van der Waals surface area (Å²) in [5, 5.41) is 1.37. The zero-order valence-electron chi connectivity index (χ0n) is 19.6. The summed E-state index contributed by atoms with van der Waals surface area (Å²) in [7, 11) is 0. The first-order valence-corrected chi connectivity index (χ1v) is 12.9. The average molecular weight is 465 g/mol. The molecule has 0 N–H and O–H groups in total. The fourth-order valence-corrected chi connectivity index (χ4v) is 7.51. The minimum atomic E-state index is -0.281. The molecular weight excluding hydrogens is 440 g/mol. The molecule has 166 valence electrons. The van der Waals surface area contributed by atoms with Crippen molar-refractivity contribution in [3.63, 3.8) is 0 Å². The quantitative estimate of drug-likeness (QED) is 0.228. The van der Waals surface area contributed by atoms with Gasteiger partial charge in [-0.25, -0.2) is 0 Å². The van der Waals surface area contributed by atoms with Crippen molar-refractivity contribution in [3.05, 3.63) is 150 Å². The van der Waals surface area contributed by atoms with Crippen LogP contribution in [0.2, 0.25) is 0 Å². The van der Waals surface area contributed by atoms with Crippen LogP contribution in [0.4, 0.5) is 0 Å². The van der Waals surface area contributed by atoms with Gasteiger partial charge in [0.2, 0.25) is 0 Å². The fourth-order valence-electron chi connectivity index (χ4n) is 6.22. The SMILES string of the molecule is C=C/C=C\C=C(/C)c1ccc2c(c1)-c1sc3ccccc3c1C21c2ccccc2-c2ccccc21. The van der Waals surface area contributed by atoms with Gasteiger partial charge in [-0.15, -0.1) is 11.3 Å². The largest absolute Gasteiger partial charge is 0.135 e. The normalized spacial score (nSPS) is 14.8. The summed E-state index contributed by atoms with van der Waals surface area (Å²) in [4.78, 5) is 1.41. The standard InChI is InChI=1S/C34H24S/c1-3-4-5-12-22(2)23-19-20-30-27(21-23)33-32(26-15-8-11-18-31(26)35-33)34(30)28-16-9-6-13-24(28)25-14-7-10-17-29(25)34/h3-21H,1H2,2H3/b5-4-,22-12+. The molecule has 0 aliphatic heterocycles. The Labute approximate surface area is 210 Å². The van der Waals surface area contributed by atoms with E-state index >= 15 is 0 Å². The third kappa shape index (κ3) is 2.62. The molecular formula is C34H24S. The predicted molar refractivity (Wildman–Crippen MR) is 151 cm³/mol. The van der Waals surface area contributed by atoms with Crippen molar-refractivity contribution in [1.82, 2.24) is 0 Å². The van der Waals surface area contributed by atoms with Gasteiger partial charge < -0.3 is 0 Å². The lowest BCUT2D eigenvalue weighted by atomic mass is 9.70. The molecule has 0 fully saturated rings. The molecule has 4 aromatic carbocycles. The van der Waals surface area contributed by atoms with Crippen molar-refractivity contribution >= 4 is 27.0 Å². The zero-order chi connectivity index (χ0) is 23.6. The van der Waals surface area contributed by atoms with Crippen molar-refractivity contribution in [2.75, 3.05) is 0 Å². The number of benzene rings is 4. The molecule has 1 spiro atoms. The second-order valence-corrected chi connectivity index (χ2v) is 10.4. The van der Waals surface area contributed by atoms with Gasteiger partial charge in [0.1, 0.15) is 0 Å². The van der Waals surface area contributed by atoms with Gasteiger partial charge in [0.25, 0.3) is 0 Å². The van der Waals surface area contributed by atoms with E-state index < -0.39 is 0 Å². The Kier molecular flexibility index (Phi) is 4.40. The van der Waals surface area contributed by atoms with E-state index in [1.54, 1.807) is 0 Å². The van der Waals surface area contributed by atoms with Crippen LogP contribution in [0.1, 0.15) is 34.7 Å². The summed E-state index contributed by atoms with van der Waals surface area (Å²) < 4.78 is 1.36. The highest BCUT2D eigenvalue weighted by Crippen LogP contribution is 2.65. The maximum atomic E-state index is 3.79. The molecule has 5 aromatic rings. The predicted octanol–water partition coefficient (Wildman–Crippen LogP) is 9.39. The first-order chi connectivity index (χ1) is 17.2. The third-order valence-electron chi connectivity index (χ3n) is 7.64. The first kappa shape index (κ1) is 20.4. The van der Waals surface area contributed by atoms with E-state index in [1.165, 1.54) is 65.0 Å². The number of rotatable bonds is 3. The van der Waals surface area contributed by atoms with Crippen molar-refractivity contribution < 1.29 is 0 Å². The van der Waals surface area contributed by atoms with Crippen molar-refractivity contribution in [2.45, 2.75) is 12.3 Å². The Morgan fingerprint density at radius 3 is 2.14 bits per heavy atom. The van der Waals surface area contributed by atoms with Crippen LogP contribution in [-0.4, -0.2) is 0 Å². The molecule has 1 heterocycles. The van der Waals surface area contributed by atoms with Gasteiger partial charge in [0, 0.05) is 9.58 Å². The number of hydrogen-bond donors (Lipinski definition) is 0. The monoisotopic (exact) mass is 464 g/mol. The number of thiophene rings is 1. The zero-order valence-corrected chi connectivity index (χ0v) is 20.4. The molecule has 1 aromatic heterocycles. The molecule has 2 aliphatic carbocycles. The number of hydrogen-bond acceptors (Lipinski definition) is 1. The van der Waals surface area contributed by atoms with E-state index in [9.17, 15) is 0 Å². The van der Waals surface area contributed by atoms with E-state index in [4.69, 9.17) is 0 Å². The van der Waals surface area contributed by atoms with Crippen LogP contribution < -0.4 is 0 Å². The molecule has 0 amide bonds. The molecule has 0 atom stereocenters. The summed E-state index contributed by atoms with van der Waals surface area (Å²) in [6, 6.07) is 34.1. The molecule has 0 unspecified atom stereocenters. The highest BCUT2D eigenvalue weighted by atomic mass is 32.1. The Hall–Kier alpha value is -3.94. The topological polar surface area (TPSA) is 0 Å². The molecule has 0 nitrogen and oxygen atoms in total. The van der Waals surface area contributed by atoms with Gasteiger partial charge in [0.15, 0.2) is 0 Å². The van der Waals surface area contributed by atoms with Crippen LogP contribution in [-0.2, 0) is 5.41 Å². The Morgan fingerprint density at radius 2 is 1.40 bits per heavy atom. The molecule has 0 radical (unpaired) electrons. The van der Waals surface area contributed by atoms with E-state index in [0.29, 0.717) is 0 Å². The highest BCUT2D eigenvalue weighted by Gasteiger charge is 2.53. The summed E-state index contributed by atoms with van der Waals surface area (Å²) in [6.07, 6.45) is 8.02. The summed E-state index contributed by atoms with van der Waals surface area (Å²) >= 11 is 1.93. The molecule has 35 heavy (non-hydrogen) atoms. The second-order valence-electron chi connectivity index (χ2n) is 9.37. The Morgan fingerprint density at radius 1 is 0.743 bits per heavy atom. The van der Waals surface area contributed by atoms with Crippen molar-refractivity contribution in [1.29, 1.82) is 0 Å². The van der Waals surface area contributed by atoms with Crippen LogP contribution in [0.5, 0.6) is 0 Å². The average Bonchev–Trinajstić information content (AvgIpc) is 3.52. The van der Waals surface area contributed by atoms with Crippen molar-refractivity contribution in [2.24, 2.45) is 0 Å². The highest BCUT2D eigenvalue weighted by molar-refractivity contribution is 7.22. The van der Waals surface area contributed by atoms with E-state index in [0.717, 1.165) is 0 Å². The molecule has 7 rings (SSSR count). The Bertz CT molecular complexity index is 1680. The third-order valence-corrected chi connectivity index (χ3v) is 8.84. The molecule has 2 aliphatic rings. The number of fused-ring (bicyclic) bond motifs is 12. The lowest BCUT2D eigenvalue weighted by Gasteiger charge is -2.30. The maximum absolute atomic E-state index is 3.79. The van der Waals surface area contributed by atoms with E-state index in [-0.39, 0.29) is 5.41 Å². The van der Waals surface area contributed by atoms with Crippen LogP contribution >= 0.6 is 11.3 Å². The molecule has 0 saturated heterocycles. The molecule has 0 bridgehead atoms. The van der Waals surface area contributed by atoms with Gasteiger partial charge in [-0.05, 0) is 74.5 Å². The minimum Gasteiger partial charge on any atom is -0.135 e. The van der Waals surface area contributed by atoms with Gasteiger partial charge in [-0.3, -0.25) is 0 Å². The van der Waals surface area contributed by atoms with Gasteiger partial charge >= 0.3 is 0 Å². The van der Waals surface area contributed by atoms with Gasteiger partial charge in [0.05, 0.1) is 5.41 Å². The smallest absolute Gasteiger partial charge is 0.0740 e. The first-order valence-electron chi connectivity index (χ1n) is 12.1. The van der Waals surface area contributed by atoms with Crippen molar-refractivity contribution in [3.8, 4) is 21.6 Å². The van der Waals surface area contributed by atoms with Gasteiger partial charge in [-0.1, -0.05) is 110 Å². The van der Waals surface area contributed by atoms with Gasteiger partial charge in [-0.2, -0.15) is 0 Å². The maximum Gasteiger partial charge on any atom is 0.0740 e. The van der Waals surface area contributed by atoms with Crippen LogP contribution in [0.15, 0.2) is 122 Å². The van der Waals surface area contributed by atoms with E-state index in [2.05, 4.69) is 117 Å². The second kappa shape index (κ2) is 7.53. The van der Waals surface area contributed by atoms with Crippen LogP contribution in [0.3, 0.4) is 0 Å². The summed E-state index contributed by atoms with van der Waals surface area (Å²) in [5.74, 6) is 0. The van der Waals surface area contributed by atoms with Crippen LogP contribution in [0.25, 0.3) is 37.2 Å². The fraction of sp³-hybridized carbons (Fsp3) is 0.0588. The lowest BCUT2D eigenvalue weighted by Crippen LogP contribution is -2.25. The molecule has 0 saturated carbocycles.